The molecule has 1 aliphatic rings. The molecule has 0 atom stereocenters. The van der Waals surface area contributed by atoms with Gasteiger partial charge < -0.3 is 15.4 Å². The Bertz CT molecular complexity index is 302. The number of ether oxygens (including phenoxy) is 1. The summed E-state index contributed by atoms with van der Waals surface area (Å²) in [6.07, 6.45) is 6.86. The molecule has 0 aromatic rings. The molecule has 0 aromatic carbocycles. The average molecular weight is 348 g/mol. The molecule has 1 fully saturated rings. The highest BCUT2D eigenvalue weighted by Gasteiger charge is 2.32. The highest BCUT2D eigenvalue weighted by Crippen LogP contribution is 2.35. The van der Waals surface area contributed by atoms with Gasteiger partial charge in [0.05, 0.1) is 6.54 Å². The van der Waals surface area contributed by atoms with Crippen molar-refractivity contribution in [1.82, 2.24) is 10.6 Å². The maximum absolute atomic E-state index is 5.53. The highest BCUT2D eigenvalue weighted by atomic mass is 32.2. The molecular formula is C16H33N3OS2. The standard InChI is InChI=1S/C16H33N3OS2/c1-4-17-15(18-10-6-7-13-21-3)19-14-16(22-5-2)8-11-20-12-9-16/h4-14H2,1-3H3,(H2,17,18,19). The lowest BCUT2D eigenvalue weighted by Crippen LogP contribution is -2.41. The summed E-state index contributed by atoms with van der Waals surface area (Å²) >= 11 is 3.97. The molecule has 0 saturated carbocycles. The maximum atomic E-state index is 5.53. The lowest BCUT2D eigenvalue weighted by molar-refractivity contribution is 0.0793. The number of unbranched alkanes of at least 4 members (excludes halogenated alkanes) is 1. The van der Waals surface area contributed by atoms with E-state index in [2.05, 4.69) is 30.7 Å². The van der Waals surface area contributed by atoms with Gasteiger partial charge in [0.25, 0.3) is 0 Å². The molecular weight excluding hydrogens is 314 g/mol. The quantitative estimate of drug-likeness (QED) is 0.361. The largest absolute Gasteiger partial charge is 0.381 e. The van der Waals surface area contributed by atoms with Gasteiger partial charge in [-0.15, -0.1) is 0 Å². The zero-order valence-corrected chi connectivity index (χ0v) is 16.1. The van der Waals surface area contributed by atoms with Gasteiger partial charge >= 0.3 is 0 Å². The molecule has 0 aliphatic carbocycles. The van der Waals surface area contributed by atoms with E-state index >= 15 is 0 Å². The Morgan fingerprint density at radius 1 is 1.18 bits per heavy atom. The van der Waals surface area contributed by atoms with Crippen LogP contribution in [0.4, 0.5) is 0 Å². The van der Waals surface area contributed by atoms with Crippen LogP contribution in [-0.2, 0) is 4.74 Å². The Balaban J connectivity index is 2.47. The molecule has 22 heavy (non-hydrogen) atoms. The van der Waals surface area contributed by atoms with E-state index in [9.17, 15) is 0 Å². The number of hydrogen-bond acceptors (Lipinski definition) is 4. The van der Waals surface area contributed by atoms with Crippen molar-refractivity contribution in [1.29, 1.82) is 0 Å². The SMILES string of the molecule is CCNC(=NCC1(SCC)CCOCC1)NCCCCSC. The summed E-state index contributed by atoms with van der Waals surface area (Å²) in [4.78, 5) is 4.86. The van der Waals surface area contributed by atoms with E-state index in [4.69, 9.17) is 9.73 Å². The molecule has 130 valence electrons. The lowest BCUT2D eigenvalue weighted by Gasteiger charge is -2.35. The molecule has 1 saturated heterocycles. The van der Waals surface area contributed by atoms with Gasteiger partial charge in [0.1, 0.15) is 0 Å². The Kier molecular flexibility index (Phi) is 11.2. The van der Waals surface area contributed by atoms with E-state index in [0.29, 0.717) is 0 Å². The summed E-state index contributed by atoms with van der Waals surface area (Å²) in [6.45, 7) is 8.91. The van der Waals surface area contributed by atoms with Gasteiger partial charge in [0.15, 0.2) is 5.96 Å². The fourth-order valence-corrected chi connectivity index (χ4v) is 4.26. The van der Waals surface area contributed by atoms with Crippen molar-refractivity contribution >= 4 is 29.5 Å². The molecule has 4 nitrogen and oxygen atoms in total. The molecule has 6 heteroatoms. The number of nitrogens with one attached hydrogen (secondary N) is 2. The van der Waals surface area contributed by atoms with Crippen molar-refractivity contribution in [3.63, 3.8) is 0 Å². The van der Waals surface area contributed by atoms with Gasteiger partial charge in [-0.25, -0.2) is 0 Å². The zero-order valence-electron chi connectivity index (χ0n) is 14.5. The molecule has 0 unspecified atom stereocenters. The van der Waals surface area contributed by atoms with Crippen molar-refractivity contribution in [3.05, 3.63) is 0 Å². The third kappa shape index (κ3) is 7.97. The Labute approximate surface area is 145 Å². The Hall–Kier alpha value is -0.0700. The maximum Gasteiger partial charge on any atom is 0.191 e. The van der Waals surface area contributed by atoms with Gasteiger partial charge in [-0.3, -0.25) is 4.99 Å². The summed E-state index contributed by atoms with van der Waals surface area (Å²) in [5.41, 5.74) is 0. The second kappa shape index (κ2) is 12.4. The van der Waals surface area contributed by atoms with Crippen molar-refractivity contribution in [3.8, 4) is 0 Å². The predicted octanol–water partition coefficient (Wildman–Crippen LogP) is 2.99. The second-order valence-electron chi connectivity index (χ2n) is 5.55. The molecule has 1 heterocycles. The van der Waals surface area contributed by atoms with Gasteiger partial charge in [-0.2, -0.15) is 23.5 Å². The monoisotopic (exact) mass is 347 g/mol. The second-order valence-corrected chi connectivity index (χ2v) is 8.27. The van der Waals surface area contributed by atoms with Gasteiger partial charge in [0.2, 0.25) is 0 Å². The van der Waals surface area contributed by atoms with Gasteiger partial charge in [-0.05, 0) is 50.4 Å². The van der Waals surface area contributed by atoms with Crippen molar-refractivity contribution in [2.75, 3.05) is 50.6 Å². The van der Waals surface area contributed by atoms with Crippen LogP contribution in [0.3, 0.4) is 0 Å². The minimum Gasteiger partial charge on any atom is -0.381 e. The van der Waals surface area contributed by atoms with E-state index < -0.39 is 0 Å². The fraction of sp³-hybridized carbons (Fsp3) is 0.938. The topological polar surface area (TPSA) is 45.7 Å². The molecule has 0 bridgehead atoms. The third-order valence-electron chi connectivity index (χ3n) is 3.79. The summed E-state index contributed by atoms with van der Waals surface area (Å²) in [5, 5.41) is 6.83. The highest BCUT2D eigenvalue weighted by molar-refractivity contribution is 8.00. The summed E-state index contributed by atoms with van der Waals surface area (Å²) in [7, 11) is 0. The van der Waals surface area contributed by atoms with Crippen molar-refractivity contribution < 1.29 is 4.74 Å². The predicted molar refractivity (Wildman–Crippen MR) is 103 cm³/mol. The van der Waals surface area contributed by atoms with Crippen LogP contribution < -0.4 is 10.6 Å². The Morgan fingerprint density at radius 3 is 2.59 bits per heavy atom. The fourth-order valence-electron chi connectivity index (χ4n) is 2.54. The summed E-state index contributed by atoms with van der Waals surface area (Å²) < 4.78 is 5.80. The first-order chi connectivity index (χ1) is 10.8. The van der Waals surface area contributed by atoms with E-state index in [1.807, 2.05) is 23.5 Å². The molecule has 0 amide bonds. The van der Waals surface area contributed by atoms with Crippen LogP contribution in [0.15, 0.2) is 4.99 Å². The van der Waals surface area contributed by atoms with Crippen molar-refractivity contribution in [2.24, 2.45) is 4.99 Å². The molecule has 0 radical (unpaired) electrons. The number of guanidine groups is 1. The molecule has 1 aliphatic heterocycles. The lowest BCUT2D eigenvalue weighted by atomic mass is 9.99. The number of hydrogen-bond donors (Lipinski definition) is 2. The minimum atomic E-state index is 0.272. The van der Waals surface area contributed by atoms with Crippen LogP contribution >= 0.6 is 23.5 Å². The minimum absolute atomic E-state index is 0.272. The first-order valence-electron chi connectivity index (χ1n) is 8.49. The van der Waals surface area contributed by atoms with Crippen LogP contribution in [0.25, 0.3) is 0 Å². The summed E-state index contributed by atoms with van der Waals surface area (Å²) in [5.74, 6) is 3.36. The van der Waals surface area contributed by atoms with Crippen LogP contribution in [0.2, 0.25) is 0 Å². The first kappa shape index (κ1) is 20.0. The third-order valence-corrected chi connectivity index (χ3v) is 5.93. The average Bonchev–Trinajstić information content (AvgIpc) is 2.53. The van der Waals surface area contributed by atoms with E-state index in [0.717, 1.165) is 57.4 Å². The number of rotatable bonds is 10. The van der Waals surface area contributed by atoms with E-state index in [1.54, 1.807) is 0 Å². The van der Waals surface area contributed by atoms with Gasteiger partial charge in [0, 0.05) is 31.1 Å². The molecule has 2 N–H and O–H groups in total. The molecule has 0 spiro atoms. The number of aliphatic imine (C=N–C) groups is 1. The van der Waals surface area contributed by atoms with Gasteiger partial charge in [-0.1, -0.05) is 6.92 Å². The number of nitrogens with zero attached hydrogens (tertiary/aromatic N) is 1. The Morgan fingerprint density at radius 2 is 1.95 bits per heavy atom. The molecule has 1 rings (SSSR count). The summed E-state index contributed by atoms with van der Waals surface area (Å²) in [6, 6.07) is 0. The number of thioether (sulfide) groups is 2. The van der Waals surface area contributed by atoms with E-state index in [1.165, 1.54) is 18.6 Å². The first-order valence-corrected chi connectivity index (χ1v) is 10.9. The van der Waals surface area contributed by atoms with Crippen LogP contribution in [-0.4, -0.2) is 61.3 Å². The van der Waals surface area contributed by atoms with Crippen LogP contribution in [0.1, 0.15) is 39.5 Å². The van der Waals surface area contributed by atoms with E-state index in [-0.39, 0.29) is 4.75 Å². The smallest absolute Gasteiger partial charge is 0.191 e. The normalized spacial score (nSPS) is 18.2. The zero-order chi connectivity index (χ0) is 16.1. The van der Waals surface area contributed by atoms with Crippen molar-refractivity contribution in [2.45, 2.75) is 44.3 Å². The molecule has 0 aromatic heterocycles. The van der Waals surface area contributed by atoms with Crippen LogP contribution in [0, 0.1) is 0 Å². The van der Waals surface area contributed by atoms with Crippen LogP contribution in [0.5, 0.6) is 0 Å².